The molecule has 0 aromatic heterocycles. The normalized spacial score (nSPS) is 10.1. The molecule has 16 heavy (non-hydrogen) atoms. The third kappa shape index (κ3) is 1.92. The largest absolute Gasteiger partial charge is 0.478 e. The van der Waals surface area contributed by atoms with Crippen LogP contribution >= 0.6 is 11.6 Å². The van der Waals surface area contributed by atoms with Gasteiger partial charge in [-0.05, 0) is 11.6 Å². The van der Waals surface area contributed by atoms with Crippen LogP contribution in [0.2, 0.25) is 5.02 Å². The molecule has 0 heterocycles. The van der Waals surface area contributed by atoms with Gasteiger partial charge in [-0.25, -0.2) is 4.79 Å². The SMILES string of the molecule is O=C(O)c1cccc(-c2ccccc2)c1Cl. The van der Waals surface area contributed by atoms with Crippen LogP contribution in [0.15, 0.2) is 48.5 Å². The number of hydrogen-bond acceptors (Lipinski definition) is 1. The molecule has 3 heteroatoms. The molecule has 0 atom stereocenters. The number of aromatic carboxylic acids is 1. The van der Waals surface area contributed by atoms with Gasteiger partial charge in [0.2, 0.25) is 0 Å². The van der Waals surface area contributed by atoms with E-state index in [0.717, 1.165) is 11.1 Å². The summed E-state index contributed by atoms with van der Waals surface area (Å²) < 4.78 is 0. The first kappa shape index (κ1) is 10.7. The highest BCUT2D eigenvalue weighted by Gasteiger charge is 2.12. The van der Waals surface area contributed by atoms with Gasteiger partial charge in [0, 0.05) is 5.56 Å². The zero-order chi connectivity index (χ0) is 11.5. The molecule has 2 aromatic rings. The fourth-order valence-electron chi connectivity index (χ4n) is 1.54. The Morgan fingerprint density at radius 3 is 2.31 bits per heavy atom. The lowest BCUT2D eigenvalue weighted by molar-refractivity contribution is 0.0697. The predicted octanol–water partition coefficient (Wildman–Crippen LogP) is 3.71. The summed E-state index contributed by atoms with van der Waals surface area (Å²) in [6.45, 7) is 0. The molecule has 0 fully saturated rings. The Morgan fingerprint density at radius 1 is 1.00 bits per heavy atom. The van der Waals surface area contributed by atoms with E-state index in [2.05, 4.69) is 0 Å². The number of carboxylic acid groups (broad SMARTS) is 1. The number of halogens is 1. The zero-order valence-electron chi connectivity index (χ0n) is 8.35. The molecule has 0 saturated heterocycles. The van der Waals surface area contributed by atoms with Gasteiger partial charge < -0.3 is 5.11 Å². The summed E-state index contributed by atoms with van der Waals surface area (Å²) in [5, 5.41) is 9.23. The summed E-state index contributed by atoms with van der Waals surface area (Å²) in [6.07, 6.45) is 0. The first-order chi connectivity index (χ1) is 7.70. The van der Waals surface area contributed by atoms with Crippen LogP contribution in [0.3, 0.4) is 0 Å². The third-order valence-corrected chi connectivity index (χ3v) is 2.72. The van der Waals surface area contributed by atoms with Gasteiger partial charge in [-0.1, -0.05) is 54.1 Å². The molecule has 0 aliphatic rings. The molecule has 0 bridgehead atoms. The Kier molecular flexibility index (Phi) is 2.93. The minimum absolute atomic E-state index is 0.128. The number of rotatable bonds is 2. The smallest absolute Gasteiger partial charge is 0.337 e. The molecule has 0 spiro atoms. The Morgan fingerprint density at radius 2 is 1.69 bits per heavy atom. The highest BCUT2D eigenvalue weighted by atomic mass is 35.5. The standard InChI is InChI=1S/C13H9ClO2/c14-12-10(9-5-2-1-3-6-9)7-4-8-11(12)13(15)16/h1-8H,(H,15,16). The van der Waals surface area contributed by atoms with Crippen molar-refractivity contribution in [1.82, 2.24) is 0 Å². The van der Waals surface area contributed by atoms with Crippen molar-refractivity contribution < 1.29 is 9.90 Å². The van der Waals surface area contributed by atoms with Gasteiger partial charge in [-0.2, -0.15) is 0 Å². The Labute approximate surface area is 98.1 Å². The second kappa shape index (κ2) is 4.37. The van der Waals surface area contributed by atoms with Gasteiger partial charge in [-0.3, -0.25) is 0 Å². The van der Waals surface area contributed by atoms with E-state index in [1.807, 2.05) is 36.4 Å². The van der Waals surface area contributed by atoms with E-state index in [0.29, 0.717) is 0 Å². The van der Waals surface area contributed by atoms with E-state index in [1.165, 1.54) is 6.07 Å². The van der Waals surface area contributed by atoms with Crippen LogP contribution < -0.4 is 0 Å². The lowest BCUT2D eigenvalue weighted by Crippen LogP contribution is -1.98. The molecule has 1 N–H and O–H groups in total. The molecule has 0 saturated carbocycles. The Balaban J connectivity index is 2.59. The van der Waals surface area contributed by atoms with Crippen LogP contribution in [0, 0.1) is 0 Å². The summed E-state index contributed by atoms with van der Waals surface area (Å²) in [5.41, 5.74) is 1.78. The second-order valence-electron chi connectivity index (χ2n) is 3.34. The van der Waals surface area contributed by atoms with Crippen molar-refractivity contribution >= 4 is 17.6 Å². The summed E-state index contributed by atoms with van der Waals surface area (Å²) in [6, 6.07) is 14.5. The average Bonchev–Trinajstić information content (AvgIpc) is 2.30. The molecule has 2 nitrogen and oxygen atoms in total. The summed E-state index contributed by atoms with van der Waals surface area (Å²) >= 11 is 6.06. The zero-order valence-corrected chi connectivity index (χ0v) is 9.11. The van der Waals surface area contributed by atoms with Gasteiger partial charge in [0.05, 0.1) is 10.6 Å². The molecule has 0 aliphatic heterocycles. The van der Waals surface area contributed by atoms with Crippen molar-refractivity contribution in [3.8, 4) is 11.1 Å². The Bertz CT molecular complexity index is 521. The molecule has 0 amide bonds. The predicted molar refractivity (Wildman–Crippen MR) is 63.8 cm³/mol. The monoisotopic (exact) mass is 232 g/mol. The van der Waals surface area contributed by atoms with Gasteiger partial charge in [-0.15, -0.1) is 0 Å². The van der Waals surface area contributed by atoms with Crippen LogP contribution in [0.25, 0.3) is 11.1 Å². The van der Waals surface area contributed by atoms with Crippen LogP contribution in [0.4, 0.5) is 0 Å². The maximum absolute atomic E-state index is 10.9. The van der Waals surface area contributed by atoms with Crippen LogP contribution in [-0.4, -0.2) is 11.1 Å². The summed E-state index contributed by atoms with van der Waals surface area (Å²) in [4.78, 5) is 10.9. The first-order valence-electron chi connectivity index (χ1n) is 4.77. The van der Waals surface area contributed by atoms with E-state index < -0.39 is 5.97 Å². The van der Waals surface area contributed by atoms with Gasteiger partial charge >= 0.3 is 5.97 Å². The number of carboxylic acids is 1. The fraction of sp³-hybridized carbons (Fsp3) is 0. The van der Waals surface area contributed by atoms with E-state index in [1.54, 1.807) is 6.07 Å². The lowest BCUT2D eigenvalue weighted by Gasteiger charge is -2.06. The lowest BCUT2D eigenvalue weighted by atomic mass is 10.0. The maximum atomic E-state index is 10.9. The van der Waals surface area contributed by atoms with Gasteiger partial charge in [0.25, 0.3) is 0 Å². The average molecular weight is 233 g/mol. The Hall–Kier alpha value is -1.80. The second-order valence-corrected chi connectivity index (χ2v) is 3.72. The van der Waals surface area contributed by atoms with Crippen molar-refractivity contribution in [2.45, 2.75) is 0 Å². The number of benzene rings is 2. The molecule has 0 unspecified atom stereocenters. The molecule has 2 aromatic carbocycles. The topological polar surface area (TPSA) is 37.3 Å². The first-order valence-corrected chi connectivity index (χ1v) is 5.15. The van der Waals surface area contributed by atoms with Crippen molar-refractivity contribution in [3.63, 3.8) is 0 Å². The highest BCUT2D eigenvalue weighted by Crippen LogP contribution is 2.30. The van der Waals surface area contributed by atoms with Gasteiger partial charge in [0.1, 0.15) is 0 Å². The van der Waals surface area contributed by atoms with Crippen molar-refractivity contribution in [3.05, 3.63) is 59.1 Å². The van der Waals surface area contributed by atoms with E-state index in [-0.39, 0.29) is 10.6 Å². The molecule has 0 radical (unpaired) electrons. The third-order valence-electron chi connectivity index (χ3n) is 2.31. The van der Waals surface area contributed by atoms with E-state index >= 15 is 0 Å². The van der Waals surface area contributed by atoms with Crippen LogP contribution in [0.1, 0.15) is 10.4 Å². The fourth-order valence-corrected chi connectivity index (χ4v) is 1.85. The number of hydrogen-bond donors (Lipinski definition) is 1. The van der Waals surface area contributed by atoms with Crippen molar-refractivity contribution in [2.24, 2.45) is 0 Å². The van der Waals surface area contributed by atoms with Gasteiger partial charge in [0.15, 0.2) is 0 Å². The highest BCUT2D eigenvalue weighted by molar-refractivity contribution is 6.36. The van der Waals surface area contributed by atoms with Crippen LogP contribution in [0.5, 0.6) is 0 Å². The van der Waals surface area contributed by atoms with Crippen LogP contribution in [-0.2, 0) is 0 Å². The minimum atomic E-state index is -1.01. The van der Waals surface area contributed by atoms with E-state index in [9.17, 15) is 4.79 Å². The van der Waals surface area contributed by atoms with Crippen molar-refractivity contribution in [2.75, 3.05) is 0 Å². The van der Waals surface area contributed by atoms with Crippen molar-refractivity contribution in [1.29, 1.82) is 0 Å². The molecule has 0 aliphatic carbocycles. The molecular formula is C13H9ClO2. The molecular weight excluding hydrogens is 224 g/mol. The molecule has 2 rings (SSSR count). The maximum Gasteiger partial charge on any atom is 0.337 e. The van der Waals surface area contributed by atoms with E-state index in [4.69, 9.17) is 16.7 Å². The number of carbonyl (C=O) groups is 1. The molecule has 80 valence electrons. The summed E-state index contributed by atoms with van der Waals surface area (Å²) in [7, 11) is 0. The quantitative estimate of drug-likeness (QED) is 0.857. The summed E-state index contributed by atoms with van der Waals surface area (Å²) in [5.74, 6) is -1.01. The minimum Gasteiger partial charge on any atom is -0.478 e.